The maximum atomic E-state index is 13.7. The van der Waals surface area contributed by atoms with E-state index in [2.05, 4.69) is 15.2 Å². The minimum absolute atomic E-state index is 0.138. The number of rotatable bonds is 6. The number of methoxy groups -OCH3 is 1. The van der Waals surface area contributed by atoms with Crippen LogP contribution in [-0.4, -0.2) is 55.7 Å². The average Bonchev–Trinajstić information content (AvgIpc) is 2.69. The molecule has 1 aliphatic rings. The van der Waals surface area contributed by atoms with Crippen LogP contribution in [0.25, 0.3) is 0 Å². The van der Waals surface area contributed by atoms with Crippen molar-refractivity contribution in [2.45, 2.75) is 6.04 Å². The van der Waals surface area contributed by atoms with Crippen LogP contribution in [0.4, 0.5) is 4.39 Å². The van der Waals surface area contributed by atoms with E-state index in [0.29, 0.717) is 25.3 Å². The first-order chi connectivity index (χ1) is 12.7. The fraction of sp³-hybridized carbons (Fsp3) is 0.368. The molecule has 2 aromatic rings. The van der Waals surface area contributed by atoms with Gasteiger partial charge in [-0.25, -0.2) is 9.37 Å². The summed E-state index contributed by atoms with van der Waals surface area (Å²) in [6.07, 6.45) is 1.57. The SMILES string of the molecule is COc1ncccc1C(=O)NCC(c1cccc(F)c1)N1CCOCC1. The third-order valence-corrected chi connectivity index (χ3v) is 4.38. The molecule has 1 saturated heterocycles. The smallest absolute Gasteiger partial charge is 0.256 e. The lowest BCUT2D eigenvalue weighted by Gasteiger charge is -2.35. The largest absolute Gasteiger partial charge is 0.480 e. The van der Waals surface area contributed by atoms with Gasteiger partial charge in [-0.15, -0.1) is 0 Å². The highest BCUT2D eigenvalue weighted by atomic mass is 19.1. The monoisotopic (exact) mass is 359 g/mol. The van der Waals surface area contributed by atoms with Gasteiger partial charge in [0.25, 0.3) is 5.91 Å². The molecule has 1 unspecified atom stereocenters. The number of nitrogens with one attached hydrogen (secondary N) is 1. The second-order valence-corrected chi connectivity index (χ2v) is 5.99. The number of carbonyl (C=O) groups excluding carboxylic acids is 1. The number of aromatic nitrogens is 1. The highest BCUT2D eigenvalue weighted by molar-refractivity contribution is 5.96. The number of amides is 1. The summed E-state index contributed by atoms with van der Waals surface area (Å²) in [6.45, 7) is 3.05. The van der Waals surface area contributed by atoms with Crippen molar-refractivity contribution in [2.24, 2.45) is 0 Å². The van der Waals surface area contributed by atoms with Crippen molar-refractivity contribution in [2.75, 3.05) is 40.0 Å². The van der Waals surface area contributed by atoms with Crippen LogP contribution < -0.4 is 10.1 Å². The molecule has 0 saturated carbocycles. The Morgan fingerprint density at radius 3 is 2.88 bits per heavy atom. The molecule has 3 rings (SSSR count). The maximum Gasteiger partial charge on any atom is 0.256 e. The fourth-order valence-electron chi connectivity index (χ4n) is 3.07. The van der Waals surface area contributed by atoms with Gasteiger partial charge in [-0.2, -0.15) is 0 Å². The molecule has 2 heterocycles. The summed E-state index contributed by atoms with van der Waals surface area (Å²) >= 11 is 0. The van der Waals surface area contributed by atoms with Gasteiger partial charge >= 0.3 is 0 Å². The Kier molecular flexibility index (Phi) is 6.14. The van der Waals surface area contributed by atoms with E-state index in [0.717, 1.165) is 18.7 Å². The van der Waals surface area contributed by atoms with Gasteiger partial charge in [0.15, 0.2) is 0 Å². The Balaban J connectivity index is 1.76. The summed E-state index contributed by atoms with van der Waals surface area (Å²) in [7, 11) is 1.47. The molecule has 0 aliphatic carbocycles. The molecule has 6 nitrogen and oxygen atoms in total. The third-order valence-electron chi connectivity index (χ3n) is 4.38. The molecule has 26 heavy (non-hydrogen) atoms. The first kappa shape index (κ1) is 18.3. The molecule has 7 heteroatoms. The number of carbonyl (C=O) groups is 1. The van der Waals surface area contributed by atoms with Crippen LogP contribution in [0.5, 0.6) is 5.88 Å². The van der Waals surface area contributed by atoms with Gasteiger partial charge in [0.2, 0.25) is 5.88 Å². The van der Waals surface area contributed by atoms with Gasteiger partial charge in [-0.1, -0.05) is 12.1 Å². The zero-order valence-electron chi connectivity index (χ0n) is 14.7. The second kappa shape index (κ2) is 8.73. The highest BCUT2D eigenvalue weighted by Gasteiger charge is 2.24. The number of nitrogens with zero attached hydrogens (tertiary/aromatic N) is 2. The molecule has 1 N–H and O–H groups in total. The van der Waals surface area contributed by atoms with Crippen LogP contribution >= 0.6 is 0 Å². The Morgan fingerprint density at radius 1 is 1.35 bits per heavy atom. The zero-order valence-corrected chi connectivity index (χ0v) is 14.7. The lowest BCUT2D eigenvalue weighted by Crippen LogP contribution is -2.43. The van der Waals surface area contributed by atoms with Crippen molar-refractivity contribution in [3.05, 3.63) is 59.5 Å². The minimum atomic E-state index is -0.291. The van der Waals surface area contributed by atoms with E-state index in [9.17, 15) is 9.18 Å². The molecular weight excluding hydrogens is 337 g/mol. The normalized spacial score (nSPS) is 16.1. The quantitative estimate of drug-likeness (QED) is 0.855. The van der Waals surface area contributed by atoms with Crippen LogP contribution in [0.3, 0.4) is 0 Å². The van der Waals surface area contributed by atoms with Crippen molar-refractivity contribution < 1.29 is 18.7 Å². The first-order valence-corrected chi connectivity index (χ1v) is 8.53. The summed E-state index contributed by atoms with van der Waals surface area (Å²) in [5.74, 6) is -0.288. The van der Waals surface area contributed by atoms with Crippen LogP contribution in [0.1, 0.15) is 22.0 Å². The van der Waals surface area contributed by atoms with E-state index in [-0.39, 0.29) is 23.6 Å². The predicted octanol–water partition coefficient (Wildman–Crippen LogP) is 2.03. The summed E-state index contributed by atoms with van der Waals surface area (Å²) in [4.78, 5) is 18.8. The van der Waals surface area contributed by atoms with E-state index < -0.39 is 0 Å². The van der Waals surface area contributed by atoms with Gasteiger partial charge in [0, 0.05) is 25.8 Å². The van der Waals surface area contributed by atoms with Crippen molar-refractivity contribution in [1.82, 2.24) is 15.2 Å². The highest BCUT2D eigenvalue weighted by Crippen LogP contribution is 2.22. The molecular formula is C19H22FN3O3. The molecule has 1 aromatic heterocycles. The third kappa shape index (κ3) is 4.36. The number of hydrogen-bond donors (Lipinski definition) is 1. The Labute approximate surface area is 151 Å². The number of halogens is 1. The number of pyridine rings is 1. The number of morpholine rings is 1. The lowest BCUT2D eigenvalue weighted by molar-refractivity contribution is 0.0161. The van der Waals surface area contributed by atoms with E-state index in [4.69, 9.17) is 9.47 Å². The van der Waals surface area contributed by atoms with Crippen LogP contribution in [-0.2, 0) is 4.74 Å². The van der Waals surface area contributed by atoms with Crippen molar-refractivity contribution in [1.29, 1.82) is 0 Å². The molecule has 1 atom stereocenters. The molecule has 1 fully saturated rings. The summed E-state index contributed by atoms with van der Waals surface area (Å²) in [6, 6.07) is 9.69. The van der Waals surface area contributed by atoms with Crippen LogP contribution in [0.15, 0.2) is 42.6 Å². The minimum Gasteiger partial charge on any atom is -0.480 e. The second-order valence-electron chi connectivity index (χ2n) is 5.99. The standard InChI is InChI=1S/C19H22FN3O3/c1-25-19-16(6-3-7-21-19)18(24)22-13-17(23-8-10-26-11-9-23)14-4-2-5-15(20)12-14/h2-7,12,17H,8-11,13H2,1H3,(H,22,24). The van der Waals surface area contributed by atoms with Crippen molar-refractivity contribution in [3.8, 4) is 5.88 Å². The van der Waals surface area contributed by atoms with Gasteiger partial charge in [0.05, 0.1) is 26.4 Å². The summed E-state index contributed by atoms with van der Waals surface area (Å²) in [5.41, 5.74) is 1.19. The summed E-state index contributed by atoms with van der Waals surface area (Å²) in [5, 5.41) is 2.93. The van der Waals surface area contributed by atoms with Crippen LogP contribution in [0.2, 0.25) is 0 Å². The van der Waals surface area contributed by atoms with Gasteiger partial charge in [-0.05, 0) is 29.8 Å². The lowest BCUT2D eigenvalue weighted by atomic mass is 10.0. The van der Waals surface area contributed by atoms with Crippen molar-refractivity contribution in [3.63, 3.8) is 0 Å². The van der Waals surface area contributed by atoms with E-state index in [1.165, 1.54) is 19.2 Å². The number of hydrogen-bond acceptors (Lipinski definition) is 5. The van der Waals surface area contributed by atoms with Crippen molar-refractivity contribution >= 4 is 5.91 Å². The number of benzene rings is 1. The maximum absolute atomic E-state index is 13.7. The first-order valence-electron chi connectivity index (χ1n) is 8.53. The molecule has 0 radical (unpaired) electrons. The molecule has 1 aliphatic heterocycles. The average molecular weight is 359 g/mol. The molecule has 1 aromatic carbocycles. The summed E-state index contributed by atoms with van der Waals surface area (Å²) < 4.78 is 24.3. The Bertz CT molecular complexity index is 750. The Hall–Kier alpha value is -2.51. The predicted molar refractivity (Wildman–Crippen MR) is 94.7 cm³/mol. The molecule has 0 spiro atoms. The molecule has 138 valence electrons. The van der Waals surface area contributed by atoms with Crippen LogP contribution in [0, 0.1) is 5.82 Å². The molecule has 0 bridgehead atoms. The van der Waals surface area contributed by atoms with E-state index in [1.54, 1.807) is 24.4 Å². The zero-order chi connectivity index (χ0) is 18.4. The Morgan fingerprint density at radius 2 is 2.15 bits per heavy atom. The number of ether oxygens (including phenoxy) is 2. The molecule has 1 amide bonds. The van der Waals surface area contributed by atoms with E-state index in [1.807, 2.05) is 6.07 Å². The topological polar surface area (TPSA) is 63.7 Å². The van der Waals surface area contributed by atoms with Gasteiger partial charge in [0.1, 0.15) is 11.4 Å². The van der Waals surface area contributed by atoms with E-state index >= 15 is 0 Å². The fourth-order valence-corrected chi connectivity index (χ4v) is 3.07. The van der Waals surface area contributed by atoms with Gasteiger partial charge in [-0.3, -0.25) is 9.69 Å². The van der Waals surface area contributed by atoms with Gasteiger partial charge < -0.3 is 14.8 Å².